The van der Waals surface area contributed by atoms with Crippen molar-refractivity contribution in [3.8, 4) is 0 Å². The molecule has 4 nitrogen and oxygen atoms in total. The van der Waals surface area contributed by atoms with Crippen LogP contribution in [-0.2, 0) is 9.59 Å². The zero-order chi connectivity index (χ0) is 16.4. The fourth-order valence-corrected chi connectivity index (χ4v) is 3.69. The fraction of sp³-hybridized carbons (Fsp3) is 0.579. The van der Waals surface area contributed by atoms with Crippen LogP contribution < -0.4 is 5.32 Å². The first kappa shape index (κ1) is 16.0. The largest absolute Gasteiger partial charge is 0.481 e. The zero-order valence-electron chi connectivity index (χ0n) is 13.6. The monoisotopic (exact) mass is 315 g/mol. The molecule has 2 N–H and O–H groups in total. The average molecular weight is 315 g/mol. The summed E-state index contributed by atoms with van der Waals surface area (Å²) in [5, 5.41) is 12.3. The molecule has 1 aromatic carbocycles. The molecule has 1 atom stereocenters. The van der Waals surface area contributed by atoms with Gasteiger partial charge in [-0.05, 0) is 62.5 Å². The van der Waals surface area contributed by atoms with Crippen LogP contribution in [0.2, 0.25) is 0 Å². The van der Waals surface area contributed by atoms with Crippen molar-refractivity contribution in [2.24, 2.45) is 17.8 Å². The normalized spacial score (nSPS) is 25.6. The number of hydrogen-bond donors (Lipinski definition) is 2. The summed E-state index contributed by atoms with van der Waals surface area (Å²) in [6.07, 6.45) is 4.95. The fourth-order valence-electron chi connectivity index (χ4n) is 3.69. The standard InChI is InChI=1S/C19H25NO3/c1-12-4-2-3-5-16(12)17(13-6-7-13)20-18(21)14-8-10-15(11-9-14)19(22)23/h2-5,13-15,17H,6-11H2,1H3,(H,20,21)(H,22,23). The second kappa shape index (κ2) is 6.73. The molecule has 124 valence electrons. The smallest absolute Gasteiger partial charge is 0.306 e. The first-order valence-corrected chi connectivity index (χ1v) is 8.65. The third-order valence-corrected chi connectivity index (χ3v) is 5.36. The highest BCUT2D eigenvalue weighted by Gasteiger charge is 2.36. The number of aryl methyl sites for hydroxylation is 1. The van der Waals surface area contributed by atoms with Crippen molar-refractivity contribution >= 4 is 11.9 Å². The molecular formula is C19H25NO3. The number of carboxylic acids is 1. The van der Waals surface area contributed by atoms with E-state index < -0.39 is 5.97 Å². The third-order valence-electron chi connectivity index (χ3n) is 5.36. The van der Waals surface area contributed by atoms with Crippen molar-refractivity contribution in [2.45, 2.75) is 51.5 Å². The van der Waals surface area contributed by atoms with Gasteiger partial charge in [0.1, 0.15) is 0 Å². The molecule has 2 aliphatic carbocycles. The Morgan fingerprint density at radius 2 is 1.65 bits per heavy atom. The summed E-state index contributed by atoms with van der Waals surface area (Å²) in [6.45, 7) is 2.09. The summed E-state index contributed by atoms with van der Waals surface area (Å²) in [6, 6.07) is 8.37. The van der Waals surface area contributed by atoms with Gasteiger partial charge in [0.15, 0.2) is 0 Å². The lowest BCUT2D eigenvalue weighted by atomic mass is 9.81. The maximum absolute atomic E-state index is 12.6. The number of carbonyl (C=O) groups excluding carboxylic acids is 1. The van der Waals surface area contributed by atoms with Crippen LogP contribution >= 0.6 is 0 Å². The number of aliphatic carboxylic acids is 1. The Morgan fingerprint density at radius 3 is 2.22 bits per heavy atom. The van der Waals surface area contributed by atoms with Gasteiger partial charge in [0.2, 0.25) is 5.91 Å². The van der Waals surface area contributed by atoms with Crippen LogP contribution in [0.3, 0.4) is 0 Å². The molecule has 2 fully saturated rings. The van der Waals surface area contributed by atoms with Crippen molar-refractivity contribution in [3.63, 3.8) is 0 Å². The van der Waals surface area contributed by atoms with Crippen molar-refractivity contribution in [3.05, 3.63) is 35.4 Å². The molecule has 0 spiro atoms. The summed E-state index contributed by atoms with van der Waals surface area (Å²) < 4.78 is 0. The van der Waals surface area contributed by atoms with E-state index in [1.165, 1.54) is 24.0 Å². The predicted octanol–water partition coefficient (Wildman–Crippen LogP) is 3.45. The van der Waals surface area contributed by atoms with Crippen LogP contribution in [0, 0.1) is 24.7 Å². The Labute approximate surface area is 137 Å². The molecule has 0 aliphatic heterocycles. The number of carboxylic acid groups (broad SMARTS) is 1. The second-order valence-corrected chi connectivity index (χ2v) is 7.07. The average Bonchev–Trinajstić information content (AvgIpc) is 3.38. The predicted molar refractivity (Wildman–Crippen MR) is 87.9 cm³/mol. The number of benzene rings is 1. The van der Waals surface area contributed by atoms with Gasteiger partial charge < -0.3 is 10.4 Å². The number of hydrogen-bond acceptors (Lipinski definition) is 2. The molecule has 1 amide bonds. The Morgan fingerprint density at radius 1 is 1.04 bits per heavy atom. The number of carbonyl (C=O) groups is 2. The Bertz CT molecular complexity index is 586. The lowest BCUT2D eigenvalue weighted by Gasteiger charge is -2.28. The van der Waals surface area contributed by atoms with Crippen molar-refractivity contribution in [2.75, 3.05) is 0 Å². The van der Waals surface area contributed by atoms with Crippen LogP contribution in [0.1, 0.15) is 55.7 Å². The van der Waals surface area contributed by atoms with Crippen LogP contribution in [0.25, 0.3) is 0 Å². The van der Waals surface area contributed by atoms with E-state index in [1.807, 2.05) is 12.1 Å². The molecule has 23 heavy (non-hydrogen) atoms. The SMILES string of the molecule is Cc1ccccc1C(NC(=O)C1CCC(C(=O)O)CC1)C1CC1. The molecule has 0 aromatic heterocycles. The minimum absolute atomic E-state index is 0.0316. The van der Waals surface area contributed by atoms with E-state index in [1.54, 1.807) is 0 Å². The second-order valence-electron chi connectivity index (χ2n) is 7.07. The summed E-state index contributed by atoms with van der Waals surface area (Å²) in [5.41, 5.74) is 2.45. The Kier molecular flexibility index (Phi) is 4.69. The number of nitrogens with one attached hydrogen (secondary N) is 1. The Hall–Kier alpha value is -1.84. The van der Waals surface area contributed by atoms with E-state index in [9.17, 15) is 9.59 Å². The van der Waals surface area contributed by atoms with Gasteiger partial charge in [0, 0.05) is 5.92 Å². The zero-order valence-corrected chi connectivity index (χ0v) is 13.6. The van der Waals surface area contributed by atoms with Crippen LogP contribution in [-0.4, -0.2) is 17.0 Å². The highest BCUT2D eigenvalue weighted by Crippen LogP contribution is 2.42. The van der Waals surface area contributed by atoms with E-state index in [4.69, 9.17) is 5.11 Å². The molecule has 0 bridgehead atoms. The molecule has 4 heteroatoms. The van der Waals surface area contributed by atoms with Crippen molar-refractivity contribution < 1.29 is 14.7 Å². The van der Waals surface area contributed by atoms with Gasteiger partial charge in [-0.1, -0.05) is 24.3 Å². The highest BCUT2D eigenvalue weighted by atomic mass is 16.4. The summed E-state index contributed by atoms with van der Waals surface area (Å²) in [7, 11) is 0. The maximum atomic E-state index is 12.6. The van der Waals surface area contributed by atoms with E-state index in [2.05, 4.69) is 24.4 Å². The van der Waals surface area contributed by atoms with E-state index >= 15 is 0 Å². The highest BCUT2D eigenvalue weighted by molar-refractivity contribution is 5.80. The topological polar surface area (TPSA) is 66.4 Å². The van der Waals surface area contributed by atoms with Gasteiger partial charge in [0.25, 0.3) is 0 Å². The maximum Gasteiger partial charge on any atom is 0.306 e. The van der Waals surface area contributed by atoms with Crippen molar-refractivity contribution in [1.29, 1.82) is 0 Å². The van der Waals surface area contributed by atoms with Crippen LogP contribution in [0.4, 0.5) is 0 Å². The van der Waals surface area contributed by atoms with Crippen LogP contribution in [0.15, 0.2) is 24.3 Å². The minimum atomic E-state index is -0.723. The molecule has 0 saturated heterocycles. The molecule has 0 heterocycles. The Balaban J connectivity index is 1.64. The van der Waals surface area contributed by atoms with Gasteiger partial charge in [-0.3, -0.25) is 9.59 Å². The first-order valence-electron chi connectivity index (χ1n) is 8.65. The summed E-state index contributed by atoms with van der Waals surface area (Å²) >= 11 is 0. The van der Waals surface area contributed by atoms with E-state index in [0.29, 0.717) is 31.6 Å². The molecule has 3 rings (SSSR count). The van der Waals surface area contributed by atoms with Gasteiger partial charge in [-0.15, -0.1) is 0 Å². The van der Waals surface area contributed by atoms with Crippen LogP contribution in [0.5, 0.6) is 0 Å². The molecule has 1 aromatic rings. The van der Waals surface area contributed by atoms with Gasteiger partial charge in [0.05, 0.1) is 12.0 Å². The van der Waals surface area contributed by atoms with Gasteiger partial charge in [-0.25, -0.2) is 0 Å². The molecular weight excluding hydrogens is 290 g/mol. The summed E-state index contributed by atoms with van der Waals surface area (Å²) in [5.74, 6) is -0.366. The van der Waals surface area contributed by atoms with Gasteiger partial charge >= 0.3 is 5.97 Å². The molecule has 1 unspecified atom stereocenters. The number of rotatable bonds is 5. The van der Waals surface area contributed by atoms with Gasteiger partial charge in [-0.2, -0.15) is 0 Å². The summed E-state index contributed by atoms with van der Waals surface area (Å²) in [4.78, 5) is 23.7. The number of amides is 1. The molecule has 2 aliphatic rings. The first-order chi connectivity index (χ1) is 11.1. The third kappa shape index (κ3) is 3.74. The molecule has 2 saturated carbocycles. The van der Waals surface area contributed by atoms with E-state index in [0.717, 1.165) is 0 Å². The lowest BCUT2D eigenvalue weighted by molar-refractivity contribution is -0.144. The molecule has 0 radical (unpaired) electrons. The van der Waals surface area contributed by atoms with E-state index in [-0.39, 0.29) is 23.8 Å². The van der Waals surface area contributed by atoms with Crippen molar-refractivity contribution in [1.82, 2.24) is 5.32 Å². The minimum Gasteiger partial charge on any atom is -0.481 e. The quantitative estimate of drug-likeness (QED) is 0.874. The lowest BCUT2D eigenvalue weighted by Crippen LogP contribution is -2.37.